The van der Waals surface area contributed by atoms with Crippen LogP contribution in [0.5, 0.6) is 0 Å². The van der Waals surface area contributed by atoms with E-state index in [0.717, 1.165) is 0 Å². The van der Waals surface area contributed by atoms with E-state index < -0.39 is 12.1 Å². The van der Waals surface area contributed by atoms with Crippen LogP contribution < -0.4 is 10.6 Å². The minimum Gasteiger partial charge on any atom is -0.491 e. The van der Waals surface area contributed by atoms with Crippen molar-refractivity contribution < 1.29 is 19.1 Å². The number of fused-ring (bicyclic) bond motifs is 1. The predicted octanol–water partition coefficient (Wildman–Crippen LogP) is 1.96. The maximum atomic E-state index is 13.4. The molecule has 9 heteroatoms. The number of aliphatic imine (C=N–C) groups is 1. The van der Waals surface area contributed by atoms with Crippen LogP contribution in [0.2, 0.25) is 0 Å². The summed E-state index contributed by atoms with van der Waals surface area (Å²) in [5, 5.41) is 15.4. The second kappa shape index (κ2) is 10.2. The second-order valence-electron chi connectivity index (χ2n) is 10.9. The van der Waals surface area contributed by atoms with Crippen molar-refractivity contribution in [3.8, 4) is 6.07 Å². The fourth-order valence-corrected chi connectivity index (χ4v) is 5.69. The molecule has 190 valence electrons. The number of amides is 3. The molecule has 3 rings (SSSR count). The Morgan fingerprint density at radius 1 is 1.40 bits per heavy atom. The van der Waals surface area contributed by atoms with Gasteiger partial charge in [0.2, 0.25) is 17.7 Å². The van der Waals surface area contributed by atoms with Gasteiger partial charge in [0.1, 0.15) is 17.8 Å². The van der Waals surface area contributed by atoms with Crippen LogP contribution in [0.3, 0.4) is 0 Å². The molecule has 4 unspecified atom stereocenters. The van der Waals surface area contributed by atoms with E-state index >= 15 is 0 Å². The number of carbonyl (C=O) groups excluding carboxylic acids is 3. The van der Waals surface area contributed by atoms with Crippen LogP contribution in [0.4, 0.5) is 0 Å². The molecule has 2 saturated heterocycles. The Morgan fingerprint density at radius 2 is 2.11 bits per heavy atom. The van der Waals surface area contributed by atoms with Gasteiger partial charge in [0, 0.05) is 25.0 Å². The van der Waals surface area contributed by atoms with E-state index in [1.54, 1.807) is 30.3 Å². The fraction of sp³-hybridized carbons (Fsp3) is 0.654. The van der Waals surface area contributed by atoms with E-state index in [9.17, 15) is 19.6 Å². The predicted molar refractivity (Wildman–Crippen MR) is 132 cm³/mol. The van der Waals surface area contributed by atoms with Gasteiger partial charge in [-0.3, -0.25) is 19.4 Å². The summed E-state index contributed by atoms with van der Waals surface area (Å²) in [4.78, 5) is 44.2. The summed E-state index contributed by atoms with van der Waals surface area (Å²) in [5.74, 6) is -0.119. The van der Waals surface area contributed by atoms with Crippen molar-refractivity contribution >= 4 is 23.9 Å². The second-order valence-corrected chi connectivity index (χ2v) is 10.9. The molecule has 0 aromatic carbocycles. The largest absolute Gasteiger partial charge is 0.491 e. The van der Waals surface area contributed by atoms with Crippen LogP contribution in [-0.4, -0.2) is 66.7 Å². The smallest absolute Gasteiger partial charge is 0.244 e. The molecular weight excluding hydrogens is 446 g/mol. The number of piperidine rings is 1. The lowest BCUT2D eigenvalue weighted by atomic mass is 9.91. The molecule has 1 saturated carbocycles. The maximum Gasteiger partial charge on any atom is 0.244 e. The zero-order chi connectivity index (χ0) is 26.0. The number of hydrogen-bond acceptors (Lipinski definition) is 6. The van der Waals surface area contributed by atoms with Gasteiger partial charge in [0.25, 0.3) is 0 Å². The number of rotatable bonds is 10. The van der Waals surface area contributed by atoms with Crippen molar-refractivity contribution in [3.05, 3.63) is 24.5 Å². The third-order valence-corrected chi connectivity index (χ3v) is 7.50. The number of nitrogens with one attached hydrogen (secondary N) is 2. The van der Waals surface area contributed by atoms with E-state index in [2.05, 4.69) is 42.1 Å². The summed E-state index contributed by atoms with van der Waals surface area (Å²) in [6, 6.07) is 0.703. The minimum absolute atomic E-state index is 0.0375. The SMILES string of the molecule is C=C/C=C(\C=NC)OCCC(=O)N1CC2C([C@H]1C(=O)NC(C#N)CC1CC(C)(C)NC1=O)C2(C)C. The van der Waals surface area contributed by atoms with E-state index in [0.29, 0.717) is 18.7 Å². The summed E-state index contributed by atoms with van der Waals surface area (Å²) >= 11 is 0. The molecule has 0 aromatic heterocycles. The molecule has 3 aliphatic rings. The average Bonchev–Trinajstić information content (AvgIpc) is 3.07. The monoisotopic (exact) mass is 483 g/mol. The van der Waals surface area contributed by atoms with Crippen LogP contribution in [0, 0.1) is 34.5 Å². The summed E-state index contributed by atoms with van der Waals surface area (Å²) in [6.07, 6.45) is 5.77. The Balaban J connectivity index is 1.63. The molecule has 2 N–H and O–H groups in total. The summed E-state index contributed by atoms with van der Waals surface area (Å²) in [5.41, 5.74) is -0.359. The zero-order valence-corrected chi connectivity index (χ0v) is 21.3. The van der Waals surface area contributed by atoms with Crippen molar-refractivity contribution in [2.75, 3.05) is 20.2 Å². The van der Waals surface area contributed by atoms with Crippen LogP contribution in [0.1, 0.15) is 47.0 Å². The van der Waals surface area contributed by atoms with Gasteiger partial charge in [-0.2, -0.15) is 5.26 Å². The normalized spacial score (nSPS) is 29.2. The van der Waals surface area contributed by atoms with Crippen molar-refractivity contribution in [1.29, 1.82) is 5.26 Å². The van der Waals surface area contributed by atoms with Gasteiger partial charge in [-0.1, -0.05) is 26.5 Å². The number of carbonyl (C=O) groups is 3. The molecule has 0 spiro atoms. The van der Waals surface area contributed by atoms with Crippen molar-refractivity contribution in [2.45, 2.75) is 64.6 Å². The highest BCUT2D eigenvalue weighted by atomic mass is 16.5. The highest BCUT2D eigenvalue weighted by Crippen LogP contribution is 2.64. The molecule has 2 heterocycles. The van der Waals surface area contributed by atoms with Crippen LogP contribution in [0.25, 0.3) is 0 Å². The third kappa shape index (κ3) is 5.75. The first-order valence-corrected chi connectivity index (χ1v) is 12.1. The summed E-state index contributed by atoms with van der Waals surface area (Å²) < 4.78 is 5.62. The average molecular weight is 484 g/mol. The van der Waals surface area contributed by atoms with Gasteiger partial charge in [-0.15, -0.1) is 0 Å². The molecule has 3 fully saturated rings. The summed E-state index contributed by atoms with van der Waals surface area (Å²) in [6.45, 7) is 12.4. The molecule has 1 aliphatic carbocycles. The number of allylic oxidation sites excluding steroid dienone is 3. The minimum atomic E-state index is -0.798. The molecule has 9 nitrogen and oxygen atoms in total. The van der Waals surface area contributed by atoms with Gasteiger partial charge in [-0.05, 0) is 50.0 Å². The molecule has 35 heavy (non-hydrogen) atoms. The Hall–Kier alpha value is -3.15. The number of ether oxygens (including phenoxy) is 1. The first-order valence-electron chi connectivity index (χ1n) is 12.1. The van der Waals surface area contributed by atoms with Gasteiger partial charge in [0.05, 0.1) is 25.3 Å². The van der Waals surface area contributed by atoms with Gasteiger partial charge in [-0.25, -0.2) is 0 Å². The van der Waals surface area contributed by atoms with E-state index in [-0.39, 0.29) is 65.9 Å². The van der Waals surface area contributed by atoms with Gasteiger partial charge in [0.15, 0.2) is 0 Å². The standard InChI is InChI=1S/C26H37N5O4/c1-7-8-18(14-28-6)35-10-9-20(32)31-15-19-21(26(19,4)5)22(31)24(34)29-17(13-27)11-16-12-25(2,3)30-23(16)33/h7-8,14,16-17,19,21-22H,1,9-12,15H2,2-6H3,(H,29,34)(H,30,33)/b18-8+,28-14?/t16?,17?,19?,21?,22-/m0/s1. The molecule has 5 atom stereocenters. The van der Waals surface area contributed by atoms with Crippen molar-refractivity contribution in [3.63, 3.8) is 0 Å². The Bertz CT molecular complexity index is 977. The molecular formula is C26H37N5O4. The van der Waals surface area contributed by atoms with Crippen LogP contribution >= 0.6 is 0 Å². The molecule has 0 bridgehead atoms. The lowest BCUT2D eigenvalue weighted by Crippen LogP contribution is -2.52. The highest BCUT2D eigenvalue weighted by molar-refractivity contribution is 5.90. The Labute approximate surface area is 207 Å². The quantitative estimate of drug-likeness (QED) is 0.279. The number of nitriles is 1. The Morgan fingerprint density at radius 3 is 2.69 bits per heavy atom. The Kier molecular flexibility index (Phi) is 7.73. The molecule has 3 amide bonds. The number of likely N-dealkylation sites (tertiary alicyclic amines) is 1. The van der Waals surface area contributed by atoms with E-state index in [1.807, 2.05) is 13.8 Å². The maximum absolute atomic E-state index is 13.4. The molecule has 0 radical (unpaired) electrons. The number of hydrogen-bond donors (Lipinski definition) is 2. The van der Waals surface area contributed by atoms with Gasteiger partial charge >= 0.3 is 0 Å². The first kappa shape index (κ1) is 26.5. The van der Waals surface area contributed by atoms with E-state index in [4.69, 9.17) is 4.74 Å². The highest BCUT2D eigenvalue weighted by Gasteiger charge is 2.69. The molecule has 2 aliphatic heterocycles. The third-order valence-electron chi connectivity index (χ3n) is 7.50. The topological polar surface area (TPSA) is 124 Å². The van der Waals surface area contributed by atoms with Crippen molar-refractivity contribution in [2.24, 2.45) is 28.2 Å². The van der Waals surface area contributed by atoms with Crippen LogP contribution in [-0.2, 0) is 19.1 Å². The number of nitrogens with zero attached hydrogens (tertiary/aromatic N) is 3. The fourth-order valence-electron chi connectivity index (χ4n) is 5.69. The lowest BCUT2D eigenvalue weighted by molar-refractivity contribution is -0.141. The molecule has 0 aromatic rings. The summed E-state index contributed by atoms with van der Waals surface area (Å²) in [7, 11) is 1.63. The zero-order valence-electron chi connectivity index (χ0n) is 21.3. The lowest BCUT2D eigenvalue weighted by Gasteiger charge is -2.31. The van der Waals surface area contributed by atoms with Crippen LogP contribution in [0.15, 0.2) is 29.5 Å². The first-order chi connectivity index (χ1) is 16.4. The van der Waals surface area contributed by atoms with Gasteiger partial charge < -0.3 is 20.3 Å². The van der Waals surface area contributed by atoms with E-state index in [1.165, 1.54) is 0 Å². The van der Waals surface area contributed by atoms with Crippen molar-refractivity contribution in [1.82, 2.24) is 15.5 Å².